The first-order valence-electron chi connectivity index (χ1n) is 9.16. The molecule has 0 aliphatic heterocycles. The van der Waals surface area contributed by atoms with Crippen LogP contribution < -0.4 is 20.1 Å². The van der Waals surface area contributed by atoms with Crippen LogP contribution in [0.3, 0.4) is 0 Å². The van der Waals surface area contributed by atoms with Crippen LogP contribution in [0.2, 0.25) is 0 Å². The van der Waals surface area contributed by atoms with E-state index in [9.17, 15) is 8.42 Å². The highest BCUT2D eigenvalue weighted by atomic mass is 32.2. The fourth-order valence-corrected chi connectivity index (χ4v) is 3.36. The maximum absolute atomic E-state index is 11.9. The molecule has 0 aromatic heterocycles. The third kappa shape index (κ3) is 6.54. The number of methoxy groups -OCH3 is 1. The second-order valence-corrected chi connectivity index (χ2v) is 7.96. The summed E-state index contributed by atoms with van der Waals surface area (Å²) in [4.78, 5) is 4.79. The van der Waals surface area contributed by atoms with E-state index >= 15 is 0 Å². The molecule has 0 aliphatic carbocycles. The van der Waals surface area contributed by atoms with Gasteiger partial charge in [-0.25, -0.2) is 18.1 Å². The van der Waals surface area contributed by atoms with Crippen LogP contribution in [0.4, 0.5) is 0 Å². The zero-order valence-corrected chi connectivity index (χ0v) is 17.3. The summed E-state index contributed by atoms with van der Waals surface area (Å²) in [5, 5.41) is 6.50. The Balaban J connectivity index is 1.97. The molecule has 0 fully saturated rings. The molecule has 0 unspecified atom stereocenters. The Morgan fingerprint density at radius 1 is 1.07 bits per heavy atom. The van der Waals surface area contributed by atoms with Crippen molar-refractivity contribution in [3.05, 3.63) is 59.7 Å². The summed E-state index contributed by atoms with van der Waals surface area (Å²) in [5.41, 5.74) is 2.03. The highest BCUT2D eigenvalue weighted by molar-refractivity contribution is 7.89. The second kappa shape index (κ2) is 10.7. The Kier molecular flexibility index (Phi) is 8.28. The number of nitrogens with one attached hydrogen (secondary N) is 3. The fourth-order valence-electron chi connectivity index (χ4n) is 2.56. The van der Waals surface area contributed by atoms with Gasteiger partial charge in [0.25, 0.3) is 0 Å². The van der Waals surface area contributed by atoms with Gasteiger partial charge in [-0.3, -0.25) is 0 Å². The molecule has 0 spiro atoms. The standard InChI is InChI=1S/C20H28N4O3S/c1-4-22-20(23-13-12-16-8-10-18(27-3)11-9-16)24-15-17-6-5-7-19(14-17)28(25,26)21-2/h5-11,14,21H,4,12-13,15H2,1-3H3,(H2,22,23,24). The molecule has 0 aliphatic rings. The van der Waals surface area contributed by atoms with Crippen LogP contribution in [0, 0.1) is 0 Å². The lowest BCUT2D eigenvalue weighted by Gasteiger charge is -2.12. The predicted octanol–water partition coefficient (Wildman–Crippen LogP) is 1.90. The maximum atomic E-state index is 11.9. The molecule has 0 atom stereocenters. The lowest BCUT2D eigenvalue weighted by molar-refractivity contribution is 0.414. The van der Waals surface area contributed by atoms with Gasteiger partial charge in [-0.05, 0) is 55.8 Å². The normalized spacial score (nSPS) is 11.9. The predicted molar refractivity (Wildman–Crippen MR) is 112 cm³/mol. The van der Waals surface area contributed by atoms with E-state index in [2.05, 4.69) is 20.3 Å². The summed E-state index contributed by atoms with van der Waals surface area (Å²) in [6.07, 6.45) is 0.851. The second-order valence-electron chi connectivity index (χ2n) is 6.07. The van der Waals surface area contributed by atoms with Gasteiger partial charge in [-0.2, -0.15) is 0 Å². The summed E-state index contributed by atoms with van der Waals surface area (Å²) >= 11 is 0. The number of hydrogen-bond donors (Lipinski definition) is 3. The Morgan fingerprint density at radius 3 is 2.46 bits per heavy atom. The van der Waals surface area contributed by atoms with E-state index in [1.54, 1.807) is 25.3 Å². The quantitative estimate of drug-likeness (QED) is 0.439. The van der Waals surface area contributed by atoms with E-state index in [4.69, 9.17) is 4.74 Å². The third-order valence-corrected chi connectivity index (χ3v) is 5.52. The van der Waals surface area contributed by atoms with Gasteiger partial charge in [0.15, 0.2) is 5.96 Å². The van der Waals surface area contributed by atoms with Crippen molar-refractivity contribution < 1.29 is 13.2 Å². The first kappa shape index (κ1) is 21.7. The Bertz CT molecular complexity index is 881. The average Bonchev–Trinajstić information content (AvgIpc) is 2.72. The molecule has 2 aromatic rings. The summed E-state index contributed by atoms with van der Waals surface area (Å²) in [7, 11) is -0.407. The van der Waals surface area contributed by atoms with Crippen molar-refractivity contribution in [3.63, 3.8) is 0 Å². The first-order valence-corrected chi connectivity index (χ1v) is 10.6. The zero-order chi connectivity index (χ0) is 20.4. The van der Waals surface area contributed by atoms with E-state index in [0.29, 0.717) is 12.5 Å². The van der Waals surface area contributed by atoms with Crippen molar-refractivity contribution in [1.29, 1.82) is 0 Å². The summed E-state index contributed by atoms with van der Waals surface area (Å²) in [5.74, 6) is 1.53. The SMILES string of the molecule is CCNC(=NCc1cccc(S(=O)(=O)NC)c1)NCCc1ccc(OC)cc1. The molecule has 7 nitrogen and oxygen atoms in total. The average molecular weight is 405 g/mol. The number of aliphatic imine (C=N–C) groups is 1. The highest BCUT2D eigenvalue weighted by Crippen LogP contribution is 2.12. The Labute approximate surface area is 167 Å². The van der Waals surface area contributed by atoms with Crippen molar-refractivity contribution >= 4 is 16.0 Å². The molecular formula is C20H28N4O3S. The topological polar surface area (TPSA) is 91.8 Å². The third-order valence-electron chi connectivity index (χ3n) is 4.11. The molecule has 152 valence electrons. The molecule has 0 heterocycles. The number of benzene rings is 2. The van der Waals surface area contributed by atoms with Gasteiger partial charge in [-0.1, -0.05) is 24.3 Å². The van der Waals surface area contributed by atoms with Crippen molar-refractivity contribution in [2.24, 2.45) is 4.99 Å². The van der Waals surface area contributed by atoms with Crippen molar-refractivity contribution in [2.45, 2.75) is 24.8 Å². The van der Waals surface area contributed by atoms with Gasteiger partial charge in [0, 0.05) is 13.1 Å². The zero-order valence-electron chi connectivity index (χ0n) is 16.5. The van der Waals surface area contributed by atoms with E-state index < -0.39 is 10.0 Å². The highest BCUT2D eigenvalue weighted by Gasteiger charge is 2.11. The molecule has 3 N–H and O–H groups in total. The van der Waals surface area contributed by atoms with Crippen LogP contribution in [-0.4, -0.2) is 41.6 Å². The van der Waals surface area contributed by atoms with Gasteiger partial charge < -0.3 is 15.4 Å². The summed E-state index contributed by atoms with van der Waals surface area (Å²) in [6.45, 7) is 3.85. The Hall–Kier alpha value is -2.58. The minimum Gasteiger partial charge on any atom is -0.497 e. The number of guanidine groups is 1. The number of hydrogen-bond acceptors (Lipinski definition) is 4. The van der Waals surface area contributed by atoms with Crippen LogP contribution in [-0.2, 0) is 23.0 Å². The Morgan fingerprint density at radius 2 is 1.82 bits per heavy atom. The number of nitrogens with zero attached hydrogens (tertiary/aromatic N) is 1. The lowest BCUT2D eigenvalue weighted by atomic mass is 10.1. The number of sulfonamides is 1. The van der Waals surface area contributed by atoms with Crippen molar-refractivity contribution in [1.82, 2.24) is 15.4 Å². The van der Waals surface area contributed by atoms with Gasteiger partial charge >= 0.3 is 0 Å². The van der Waals surface area contributed by atoms with Gasteiger partial charge in [-0.15, -0.1) is 0 Å². The van der Waals surface area contributed by atoms with Gasteiger partial charge in [0.1, 0.15) is 5.75 Å². The monoisotopic (exact) mass is 404 g/mol. The molecule has 0 saturated carbocycles. The molecule has 8 heteroatoms. The largest absolute Gasteiger partial charge is 0.497 e. The van der Waals surface area contributed by atoms with Crippen molar-refractivity contribution in [3.8, 4) is 5.75 Å². The van der Waals surface area contributed by atoms with Crippen LogP contribution >= 0.6 is 0 Å². The lowest BCUT2D eigenvalue weighted by Crippen LogP contribution is -2.38. The molecule has 0 radical (unpaired) electrons. The minimum absolute atomic E-state index is 0.236. The van der Waals surface area contributed by atoms with E-state index in [1.165, 1.54) is 12.6 Å². The molecule has 0 bridgehead atoms. The first-order chi connectivity index (χ1) is 13.5. The van der Waals surface area contributed by atoms with Crippen LogP contribution in [0.25, 0.3) is 0 Å². The van der Waals surface area contributed by atoms with Crippen LogP contribution in [0.5, 0.6) is 5.75 Å². The van der Waals surface area contributed by atoms with Gasteiger partial charge in [0.05, 0.1) is 18.6 Å². The van der Waals surface area contributed by atoms with E-state index in [-0.39, 0.29) is 4.90 Å². The molecule has 0 saturated heterocycles. The van der Waals surface area contributed by atoms with Crippen molar-refractivity contribution in [2.75, 3.05) is 27.2 Å². The summed E-state index contributed by atoms with van der Waals surface area (Å²) in [6, 6.07) is 14.8. The van der Waals surface area contributed by atoms with E-state index in [1.807, 2.05) is 37.3 Å². The van der Waals surface area contributed by atoms with E-state index in [0.717, 1.165) is 30.8 Å². The molecule has 28 heavy (non-hydrogen) atoms. The molecule has 0 amide bonds. The smallest absolute Gasteiger partial charge is 0.240 e. The molecular weight excluding hydrogens is 376 g/mol. The fraction of sp³-hybridized carbons (Fsp3) is 0.350. The summed E-state index contributed by atoms with van der Waals surface area (Å²) < 4.78 is 31.4. The number of ether oxygens (including phenoxy) is 1. The minimum atomic E-state index is -3.46. The van der Waals surface area contributed by atoms with Crippen LogP contribution in [0.15, 0.2) is 58.4 Å². The maximum Gasteiger partial charge on any atom is 0.240 e. The molecule has 2 aromatic carbocycles. The van der Waals surface area contributed by atoms with Gasteiger partial charge in [0.2, 0.25) is 10.0 Å². The number of rotatable bonds is 9. The molecule has 2 rings (SSSR count). The van der Waals surface area contributed by atoms with Crippen LogP contribution in [0.1, 0.15) is 18.1 Å².